The van der Waals surface area contributed by atoms with E-state index in [4.69, 9.17) is 5.11 Å². The number of hydrogen-bond acceptors (Lipinski definition) is 5. The predicted molar refractivity (Wildman–Crippen MR) is 65.3 cm³/mol. The molecule has 0 aromatic carbocycles. The summed E-state index contributed by atoms with van der Waals surface area (Å²) in [6, 6.07) is 0. The second kappa shape index (κ2) is 5.79. The topological polar surface area (TPSA) is 119 Å². The van der Waals surface area contributed by atoms with Gasteiger partial charge in [0.2, 0.25) is 5.91 Å². The highest BCUT2D eigenvalue weighted by atomic mass is 16.4. The van der Waals surface area contributed by atoms with Crippen molar-refractivity contribution in [1.29, 1.82) is 0 Å². The summed E-state index contributed by atoms with van der Waals surface area (Å²) >= 11 is 0. The quantitative estimate of drug-likeness (QED) is 0.588. The Hall–Kier alpha value is -1.96. The van der Waals surface area contributed by atoms with Crippen LogP contribution in [0.3, 0.4) is 0 Å². The molecule has 8 nitrogen and oxygen atoms in total. The van der Waals surface area contributed by atoms with E-state index in [-0.39, 0.29) is 31.0 Å². The Morgan fingerprint density at radius 3 is 2.63 bits per heavy atom. The first-order chi connectivity index (χ1) is 8.71. The van der Waals surface area contributed by atoms with Crippen molar-refractivity contribution in [3.05, 3.63) is 0 Å². The van der Waals surface area contributed by atoms with Gasteiger partial charge in [0.1, 0.15) is 5.71 Å². The largest absolute Gasteiger partial charge is 0.481 e. The monoisotopic (exact) mass is 271 g/mol. The summed E-state index contributed by atoms with van der Waals surface area (Å²) in [5, 5.41) is 25.6. The van der Waals surface area contributed by atoms with Crippen molar-refractivity contribution in [2.24, 2.45) is 5.10 Å². The van der Waals surface area contributed by atoms with Crippen LogP contribution in [0, 0.1) is 0 Å². The third-order valence-electron chi connectivity index (χ3n) is 2.63. The third kappa shape index (κ3) is 4.66. The van der Waals surface area contributed by atoms with Crippen LogP contribution in [0.5, 0.6) is 0 Å². The molecule has 0 aromatic heterocycles. The number of amides is 2. The van der Waals surface area contributed by atoms with E-state index in [2.05, 4.69) is 10.4 Å². The Bertz CT molecular complexity index is 430. The highest BCUT2D eigenvalue weighted by Crippen LogP contribution is 2.09. The second-order valence-electron chi connectivity index (χ2n) is 4.71. The minimum atomic E-state index is -1.53. The Labute approximate surface area is 110 Å². The number of carboxylic acids is 1. The zero-order chi connectivity index (χ0) is 14.6. The van der Waals surface area contributed by atoms with E-state index in [0.717, 1.165) is 5.01 Å². The molecule has 0 aliphatic carbocycles. The molecule has 0 saturated heterocycles. The van der Waals surface area contributed by atoms with E-state index in [1.165, 1.54) is 14.0 Å². The standard InChI is InChI=1S/C11H17N3O5/c1-11(19,5-9(16)17)6-12-10(18)7-3-4-8(15)14(2)13-7/h19H,3-6H2,1-2H3,(H,12,18)(H,16,17). The number of hydrazone groups is 1. The van der Waals surface area contributed by atoms with Crippen LogP contribution in [0.4, 0.5) is 0 Å². The van der Waals surface area contributed by atoms with Crippen LogP contribution in [-0.4, -0.2) is 57.9 Å². The van der Waals surface area contributed by atoms with Crippen LogP contribution >= 0.6 is 0 Å². The lowest BCUT2D eigenvalue weighted by molar-refractivity contribution is -0.142. The van der Waals surface area contributed by atoms with Crippen LogP contribution in [-0.2, 0) is 14.4 Å². The minimum absolute atomic E-state index is 0.172. The summed E-state index contributed by atoms with van der Waals surface area (Å²) in [6.07, 6.45) is -0.0392. The molecule has 8 heteroatoms. The van der Waals surface area contributed by atoms with Crippen molar-refractivity contribution < 1.29 is 24.6 Å². The maximum atomic E-state index is 11.7. The maximum absolute atomic E-state index is 11.7. The van der Waals surface area contributed by atoms with E-state index in [0.29, 0.717) is 0 Å². The molecule has 3 N–H and O–H groups in total. The zero-order valence-electron chi connectivity index (χ0n) is 10.8. The average Bonchev–Trinajstić information content (AvgIpc) is 2.28. The van der Waals surface area contributed by atoms with Gasteiger partial charge in [0.15, 0.2) is 0 Å². The van der Waals surface area contributed by atoms with Crippen molar-refractivity contribution in [3.63, 3.8) is 0 Å². The van der Waals surface area contributed by atoms with Gasteiger partial charge in [0.05, 0.1) is 12.0 Å². The van der Waals surface area contributed by atoms with Crippen LogP contribution in [0.2, 0.25) is 0 Å². The third-order valence-corrected chi connectivity index (χ3v) is 2.63. The Balaban J connectivity index is 2.54. The fraction of sp³-hybridized carbons (Fsp3) is 0.636. The number of rotatable bonds is 5. The van der Waals surface area contributed by atoms with Crippen LogP contribution < -0.4 is 5.32 Å². The molecule has 0 bridgehead atoms. The van der Waals surface area contributed by atoms with E-state index >= 15 is 0 Å². The molecule has 0 aromatic rings. The number of carboxylic acid groups (broad SMARTS) is 1. The molecule has 0 spiro atoms. The van der Waals surface area contributed by atoms with Gasteiger partial charge >= 0.3 is 5.97 Å². The van der Waals surface area contributed by atoms with Gasteiger partial charge in [-0.2, -0.15) is 5.10 Å². The molecule has 1 unspecified atom stereocenters. The number of aliphatic carboxylic acids is 1. The SMILES string of the molecule is CN1N=C(C(=O)NCC(C)(O)CC(=O)O)CCC1=O. The minimum Gasteiger partial charge on any atom is -0.481 e. The normalized spacial score (nSPS) is 18.6. The van der Waals surface area contributed by atoms with Crippen molar-refractivity contribution in [2.45, 2.75) is 31.8 Å². The Morgan fingerprint density at radius 1 is 1.47 bits per heavy atom. The highest BCUT2D eigenvalue weighted by Gasteiger charge is 2.27. The van der Waals surface area contributed by atoms with E-state index in [1.807, 2.05) is 0 Å². The number of aliphatic hydroxyl groups is 1. The van der Waals surface area contributed by atoms with Gasteiger partial charge in [-0.05, 0) is 6.92 Å². The molecular formula is C11H17N3O5. The summed E-state index contributed by atoms with van der Waals surface area (Å²) < 4.78 is 0. The van der Waals surface area contributed by atoms with Crippen LogP contribution in [0.25, 0.3) is 0 Å². The molecule has 1 heterocycles. The number of nitrogens with one attached hydrogen (secondary N) is 1. The van der Waals surface area contributed by atoms with Crippen molar-refractivity contribution in [2.75, 3.05) is 13.6 Å². The van der Waals surface area contributed by atoms with E-state index < -0.39 is 23.9 Å². The number of carbonyl (C=O) groups excluding carboxylic acids is 2. The smallest absolute Gasteiger partial charge is 0.306 e. The predicted octanol–water partition coefficient (Wildman–Crippen LogP) is -1.06. The first-order valence-electron chi connectivity index (χ1n) is 5.78. The summed E-state index contributed by atoms with van der Waals surface area (Å²) in [4.78, 5) is 33.4. The van der Waals surface area contributed by atoms with Crippen LogP contribution in [0.15, 0.2) is 5.10 Å². The van der Waals surface area contributed by atoms with Crippen LogP contribution in [0.1, 0.15) is 26.2 Å². The van der Waals surface area contributed by atoms with Crippen molar-refractivity contribution in [3.8, 4) is 0 Å². The molecule has 1 atom stereocenters. The molecule has 1 aliphatic heterocycles. The van der Waals surface area contributed by atoms with Gasteiger partial charge in [-0.3, -0.25) is 14.4 Å². The van der Waals surface area contributed by atoms with Gasteiger partial charge in [0.25, 0.3) is 5.91 Å². The second-order valence-corrected chi connectivity index (χ2v) is 4.71. The molecule has 19 heavy (non-hydrogen) atoms. The number of carbonyl (C=O) groups is 3. The van der Waals surface area contributed by atoms with Gasteiger partial charge in [-0.25, -0.2) is 5.01 Å². The van der Waals surface area contributed by atoms with Gasteiger partial charge in [0, 0.05) is 26.4 Å². The summed E-state index contributed by atoms with van der Waals surface area (Å²) in [7, 11) is 1.45. The first-order valence-corrected chi connectivity index (χ1v) is 5.78. The lowest BCUT2D eigenvalue weighted by Gasteiger charge is -2.23. The van der Waals surface area contributed by atoms with Crippen molar-refractivity contribution in [1.82, 2.24) is 10.3 Å². The van der Waals surface area contributed by atoms with E-state index in [9.17, 15) is 19.5 Å². The first kappa shape index (κ1) is 15.1. The molecule has 106 valence electrons. The summed E-state index contributed by atoms with van der Waals surface area (Å²) in [6.45, 7) is 1.12. The Kier molecular flexibility index (Phi) is 4.60. The molecular weight excluding hydrogens is 254 g/mol. The maximum Gasteiger partial charge on any atom is 0.306 e. The number of hydrogen-bond donors (Lipinski definition) is 3. The molecule has 0 saturated carbocycles. The average molecular weight is 271 g/mol. The molecule has 0 fully saturated rings. The highest BCUT2D eigenvalue weighted by molar-refractivity contribution is 6.39. The Morgan fingerprint density at radius 2 is 2.11 bits per heavy atom. The molecule has 2 amide bonds. The summed E-state index contributed by atoms with van der Waals surface area (Å²) in [5.41, 5.74) is -1.34. The molecule has 1 rings (SSSR count). The molecule has 1 aliphatic rings. The zero-order valence-corrected chi connectivity index (χ0v) is 10.8. The van der Waals surface area contributed by atoms with Gasteiger partial charge in [-0.15, -0.1) is 0 Å². The van der Waals surface area contributed by atoms with Crippen molar-refractivity contribution >= 4 is 23.5 Å². The summed E-state index contributed by atoms with van der Waals surface area (Å²) in [5.74, 6) is -1.83. The van der Waals surface area contributed by atoms with Gasteiger partial charge in [-0.1, -0.05) is 0 Å². The van der Waals surface area contributed by atoms with E-state index in [1.54, 1.807) is 0 Å². The fourth-order valence-electron chi connectivity index (χ4n) is 1.59. The fourth-order valence-corrected chi connectivity index (χ4v) is 1.59. The van der Waals surface area contributed by atoms with Gasteiger partial charge < -0.3 is 15.5 Å². The molecule has 0 radical (unpaired) electrons. The lowest BCUT2D eigenvalue weighted by atomic mass is 10.0. The lowest BCUT2D eigenvalue weighted by Crippen LogP contribution is -2.45. The number of nitrogens with zero attached hydrogens (tertiary/aromatic N) is 2.